The molecule has 24 heavy (non-hydrogen) atoms. The van der Waals surface area contributed by atoms with Crippen molar-refractivity contribution < 1.29 is 18.9 Å². The normalized spacial score (nSPS) is 22.2. The van der Waals surface area contributed by atoms with E-state index in [-0.39, 0.29) is 17.8 Å². The summed E-state index contributed by atoms with van der Waals surface area (Å²) in [5.41, 5.74) is 0.154. The molecule has 0 bridgehead atoms. The van der Waals surface area contributed by atoms with Gasteiger partial charge in [0.05, 0.1) is 7.05 Å². The van der Waals surface area contributed by atoms with Crippen molar-refractivity contribution in [2.24, 2.45) is 5.92 Å². The summed E-state index contributed by atoms with van der Waals surface area (Å²) in [7, 11) is 1.91. The largest absolute Gasteiger partial charge is 0.329 e. The van der Waals surface area contributed by atoms with E-state index < -0.39 is 5.54 Å². The molecule has 1 fully saturated rings. The van der Waals surface area contributed by atoms with Gasteiger partial charge in [0.15, 0.2) is 6.67 Å². The molecule has 3 amide bonds. The van der Waals surface area contributed by atoms with Crippen molar-refractivity contribution in [1.29, 1.82) is 0 Å². The molecule has 2 atom stereocenters. The second-order valence-electron chi connectivity index (χ2n) is 7.35. The van der Waals surface area contributed by atoms with Gasteiger partial charge in [-0.05, 0) is 37.8 Å². The number of hydrogen-bond acceptors (Lipinski definition) is 2. The van der Waals surface area contributed by atoms with Gasteiger partial charge in [-0.15, -0.1) is 0 Å². The average Bonchev–Trinajstić information content (AvgIpc) is 2.72. The molecule has 1 unspecified atom stereocenters. The number of halogens is 1. The van der Waals surface area contributed by atoms with Crippen molar-refractivity contribution in [1.82, 2.24) is 10.2 Å². The number of imide groups is 1. The Hall–Kier alpha value is -1.95. The van der Waals surface area contributed by atoms with Gasteiger partial charge in [-0.25, -0.2) is 14.1 Å². The molecule has 1 aliphatic heterocycles. The number of carbonyl (C=O) groups is 2. The van der Waals surface area contributed by atoms with Crippen molar-refractivity contribution in [3.05, 3.63) is 35.6 Å². The first kappa shape index (κ1) is 18.4. The van der Waals surface area contributed by atoms with Crippen LogP contribution < -0.4 is 10.2 Å². The molecule has 1 saturated heterocycles. The van der Waals surface area contributed by atoms with Crippen LogP contribution in [0.3, 0.4) is 0 Å². The van der Waals surface area contributed by atoms with Gasteiger partial charge >= 0.3 is 6.03 Å². The molecule has 1 aromatic rings. The molecule has 132 valence electrons. The fraction of sp³-hybridized carbons (Fsp3) is 0.556. The van der Waals surface area contributed by atoms with Gasteiger partial charge in [-0.2, -0.15) is 0 Å². The highest BCUT2D eigenvalue weighted by molar-refractivity contribution is 6.06. The third-order valence-electron chi connectivity index (χ3n) is 4.41. The zero-order chi connectivity index (χ0) is 17.9. The zero-order valence-electron chi connectivity index (χ0n) is 14.9. The van der Waals surface area contributed by atoms with Gasteiger partial charge in [0, 0.05) is 5.56 Å². The van der Waals surface area contributed by atoms with Crippen molar-refractivity contribution in [3.63, 3.8) is 0 Å². The quantitative estimate of drug-likeness (QED) is 0.742. The Labute approximate surface area is 142 Å². The van der Waals surface area contributed by atoms with Crippen LogP contribution >= 0.6 is 0 Å². The van der Waals surface area contributed by atoms with Crippen LogP contribution in [0.1, 0.15) is 39.2 Å². The van der Waals surface area contributed by atoms with E-state index in [4.69, 9.17) is 0 Å². The SMILES string of the molecule is CC(C)CC[C@]1(C)NC(=O)N(C[NH+](C)Cc2ccc(F)cc2)C1=O. The summed E-state index contributed by atoms with van der Waals surface area (Å²) < 4.78 is 13.0. The van der Waals surface area contributed by atoms with Crippen LogP contribution in [0.2, 0.25) is 0 Å². The molecular formula is C18H27FN3O2+. The smallest absolute Gasteiger partial charge is 0.323 e. The van der Waals surface area contributed by atoms with Crippen LogP contribution in [0.25, 0.3) is 0 Å². The number of rotatable bonds is 7. The highest BCUT2D eigenvalue weighted by Gasteiger charge is 2.48. The summed E-state index contributed by atoms with van der Waals surface area (Å²) in [6.45, 7) is 6.90. The van der Waals surface area contributed by atoms with E-state index in [2.05, 4.69) is 19.2 Å². The van der Waals surface area contributed by atoms with E-state index in [1.165, 1.54) is 17.0 Å². The monoisotopic (exact) mass is 336 g/mol. The first-order chi connectivity index (χ1) is 11.2. The number of nitrogens with zero attached hydrogens (tertiary/aromatic N) is 1. The number of amides is 3. The molecule has 0 radical (unpaired) electrons. The van der Waals surface area contributed by atoms with Crippen molar-refractivity contribution in [3.8, 4) is 0 Å². The molecule has 1 aromatic carbocycles. The summed E-state index contributed by atoms with van der Waals surface area (Å²) in [6.07, 6.45) is 1.53. The average molecular weight is 336 g/mol. The predicted molar refractivity (Wildman–Crippen MR) is 89.7 cm³/mol. The second-order valence-corrected chi connectivity index (χ2v) is 7.35. The highest BCUT2D eigenvalue weighted by Crippen LogP contribution is 2.24. The Morgan fingerprint density at radius 1 is 1.25 bits per heavy atom. The lowest BCUT2D eigenvalue weighted by molar-refractivity contribution is -0.901. The van der Waals surface area contributed by atoms with Crippen molar-refractivity contribution in [2.75, 3.05) is 13.7 Å². The van der Waals surface area contributed by atoms with Crippen LogP contribution in [0, 0.1) is 11.7 Å². The van der Waals surface area contributed by atoms with E-state index >= 15 is 0 Å². The number of carbonyl (C=O) groups excluding carboxylic acids is 2. The summed E-state index contributed by atoms with van der Waals surface area (Å²) in [5, 5.41) is 2.84. The first-order valence-electron chi connectivity index (χ1n) is 8.41. The van der Waals surface area contributed by atoms with E-state index in [0.29, 0.717) is 25.6 Å². The number of quaternary nitrogens is 1. The maximum absolute atomic E-state index is 13.0. The lowest BCUT2D eigenvalue weighted by atomic mass is 9.92. The highest BCUT2D eigenvalue weighted by atomic mass is 19.1. The predicted octanol–water partition coefficient (Wildman–Crippen LogP) is 1.54. The van der Waals surface area contributed by atoms with Crippen LogP contribution in [-0.2, 0) is 11.3 Å². The van der Waals surface area contributed by atoms with Gasteiger partial charge in [0.25, 0.3) is 5.91 Å². The molecule has 0 aliphatic carbocycles. The van der Waals surface area contributed by atoms with Crippen LogP contribution in [0.4, 0.5) is 9.18 Å². The van der Waals surface area contributed by atoms with Gasteiger partial charge in [0.2, 0.25) is 0 Å². The maximum atomic E-state index is 13.0. The maximum Gasteiger partial charge on any atom is 0.329 e. The number of nitrogens with one attached hydrogen (secondary N) is 2. The number of benzene rings is 1. The van der Waals surface area contributed by atoms with Crippen LogP contribution in [-0.4, -0.2) is 36.1 Å². The summed E-state index contributed by atoms with van der Waals surface area (Å²) in [6, 6.07) is 5.94. The summed E-state index contributed by atoms with van der Waals surface area (Å²) >= 11 is 0. The second kappa shape index (κ2) is 7.30. The third-order valence-corrected chi connectivity index (χ3v) is 4.41. The molecule has 6 heteroatoms. The molecular weight excluding hydrogens is 309 g/mol. The molecule has 1 aliphatic rings. The van der Waals surface area contributed by atoms with Gasteiger partial charge in [-0.1, -0.05) is 26.0 Å². The molecule has 0 aromatic heterocycles. The first-order valence-corrected chi connectivity index (χ1v) is 8.41. The van der Waals surface area contributed by atoms with Crippen molar-refractivity contribution in [2.45, 2.75) is 45.7 Å². The van der Waals surface area contributed by atoms with Gasteiger partial charge < -0.3 is 10.2 Å². The Morgan fingerprint density at radius 3 is 2.46 bits per heavy atom. The zero-order valence-corrected chi connectivity index (χ0v) is 14.9. The molecule has 2 N–H and O–H groups in total. The number of hydrogen-bond donors (Lipinski definition) is 2. The fourth-order valence-corrected chi connectivity index (χ4v) is 2.91. The Balaban J connectivity index is 1.97. The van der Waals surface area contributed by atoms with E-state index in [1.54, 1.807) is 19.1 Å². The lowest BCUT2D eigenvalue weighted by Crippen LogP contribution is -3.09. The topological polar surface area (TPSA) is 53.9 Å². The Morgan fingerprint density at radius 2 is 1.88 bits per heavy atom. The minimum atomic E-state index is -0.808. The van der Waals surface area contributed by atoms with E-state index in [9.17, 15) is 14.0 Å². The minimum Gasteiger partial charge on any atom is -0.323 e. The third kappa shape index (κ3) is 4.32. The molecule has 5 nitrogen and oxygen atoms in total. The molecule has 0 spiro atoms. The Kier molecular flexibility index (Phi) is 5.59. The van der Waals surface area contributed by atoms with E-state index in [0.717, 1.165) is 16.9 Å². The van der Waals surface area contributed by atoms with Crippen LogP contribution in [0.5, 0.6) is 0 Å². The van der Waals surface area contributed by atoms with Crippen LogP contribution in [0.15, 0.2) is 24.3 Å². The van der Waals surface area contributed by atoms with E-state index in [1.807, 2.05) is 7.05 Å². The standard InChI is InChI=1S/C18H26FN3O2/c1-13(2)9-10-18(3)16(23)22(17(24)20-18)12-21(4)11-14-5-7-15(19)8-6-14/h5-8,13H,9-12H2,1-4H3,(H,20,24)/p+1/t18-/m0/s1. The molecule has 2 rings (SSSR count). The lowest BCUT2D eigenvalue weighted by Gasteiger charge is -2.23. The molecule has 1 heterocycles. The van der Waals surface area contributed by atoms with Gasteiger partial charge in [-0.3, -0.25) is 4.79 Å². The Bertz CT molecular complexity index is 603. The minimum absolute atomic E-state index is 0.161. The molecule has 0 saturated carbocycles. The summed E-state index contributed by atoms with van der Waals surface area (Å²) in [4.78, 5) is 27.1. The number of urea groups is 1. The van der Waals surface area contributed by atoms with Crippen molar-refractivity contribution >= 4 is 11.9 Å². The fourth-order valence-electron chi connectivity index (χ4n) is 2.91. The van der Waals surface area contributed by atoms with Gasteiger partial charge in [0.1, 0.15) is 17.9 Å². The summed E-state index contributed by atoms with van der Waals surface area (Å²) in [5.74, 6) is 0.0466.